The fourth-order valence-corrected chi connectivity index (χ4v) is 4.02. The Hall–Kier alpha value is -2.60. The lowest BCUT2D eigenvalue weighted by molar-refractivity contribution is 0.356. The first-order chi connectivity index (χ1) is 13.9. The molecule has 6 heteroatoms. The van der Waals surface area contributed by atoms with Gasteiger partial charge in [-0.05, 0) is 55.5 Å². The predicted molar refractivity (Wildman–Crippen MR) is 120 cm³/mol. The van der Waals surface area contributed by atoms with Crippen LogP contribution in [-0.4, -0.2) is 28.6 Å². The summed E-state index contributed by atoms with van der Waals surface area (Å²) in [6.45, 7) is 4.59. The summed E-state index contributed by atoms with van der Waals surface area (Å²) in [5.41, 5.74) is 12.1. The molecule has 6 nitrogen and oxygen atoms in total. The smallest absolute Gasteiger partial charge is 0.126 e. The van der Waals surface area contributed by atoms with Crippen molar-refractivity contribution in [2.24, 2.45) is 17.5 Å². The Morgan fingerprint density at radius 3 is 2.59 bits per heavy atom. The molecule has 0 bridgehead atoms. The van der Waals surface area contributed by atoms with E-state index in [-0.39, 0.29) is 0 Å². The molecule has 1 aliphatic rings. The van der Waals surface area contributed by atoms with Gasteiger partial charge in [-0.25, -0.2) is 10.8 Å². The van der Waals surface area contributed by atoms with Crippen molar-refractivity contribution in [3.8, 4) is 0 Å². The summed E-state index contributed by atoms with van der Waals surface area (Å²) in [5.74, 6) is 7.65. The maximum absolute atomic E-state index is 6.47. The number of hydrogen-bond donors (Lipinski definition) is 3. The van der Waals surface area contributed by atoms with Gasteiger partial charge in [-0.15, -0.1) is 0 Å². The summed E-state index contributed by atoms with van der Waals surface area (Å²) < 4.78 is 0. The van der Waals surface area contributed by atoms with Crippen LogP contribution >= 0.6 is 0 Å². The Kier molecular flexibility index (Phi) is 7.09. The van der Waals surface area contributed by atoms with Crippen molar-refractivity contribution in [3.05, 3.63) is 58.7 Å². The Labute approximate surface area is 174 Å². The highest BCUT2D eigenvalue weighted by Gasteiger charge is 2.17. The van der Waals surface area contributed by atoms with Crippen molar-refractivity contribution >= 4 is 11.5 Å². The Morgan fingerprint density at radius 2 is 1.93 bits per heavy atom. The molecule has 1 fully saturated rings. The Balaban J connectivity index is 1.76. The molecule has 5 N–H and O–H groups in total. The number of nitrogens with zero attached hydrogens (tertiary/aromatic N) is 3. The van der Waals surface area contributed by atoms with Crippen LogP contribution in [-0.2, 0) is 6.42 Å². The second-order valence-electron chi connectivity index (χ2n) is 8.19. The molecule has 1 aliphatic carbocycles. The van der Waals surface area contributed by atoms with Crippen LogP contribution in [0.25, 0.3) is 5.70 Å². The lowest BCUT2D eigenvalue weighted by Crippen LogP contribution is -2.32. The zero-order valence-corrected chi connectivity index (χ0v) is 17.9. The second-order valence-corrected chi connectivity index (χ2v) is 8.19. The summed E-state index contributed by atoms with van der Waals surface area (Å²) in [4.78, 5) is 9.14. The third-order valence-electron chi connectivity index (χ3n) is 5.79. The van der Waals surface area contributed by atoms with Crippen LogP contribution in [0.1, 0.15) is 54.6 Å². The van der Waals surface area contributed by atoms with E-state index in [0.29, 0.717) is 12.2 Å². The molecule has 0 unspecified atom stereocenters. The quantitative estimate of drug-likeness (QED) is 0.489. The second kappa shape index (κ2) is 9.74. The maximum atomic E-state index is 6.47. The zero-order valence-electron chi connectivity index (χ0n) is 17.9. The molecule has 0 radical (unpaired) electrons. The number of anilines is 1. The highest BCUT2D eigenvalue weighted by atomic mass is 15.4. The van der Waals surface area contributed by atoms with E-state index < -0.39 is 0 Å². The Bertz CT molecular complexity index is 852. The van der Waals surface area contributed by atoms with Crippen molar-refractivity contribution in [1.29, 1.82) is 0 Å². The first kappa shape index (κ1) is 21.1. The molecule has 0 saturated heterocycles. The summed E-state index contributed by atoms with van der Waals surface area (Å²) in [7, 11) is 1.79. The van der Waals surface area contributed by atoms with Crippen molar-refractivity contribution in [1.82, 2.24) is 15.0 Å². The van der Waals surface area contributed by atoms with E-state index in [0.717, 1.165) is 40.8 Å². The largest absolute Gasteiger partial charge is 0.395 e. The fraction of sp³-hybridized carbons (Fsp3) is 0.478. The van der Waals surface area contributed by atoms with E-state index in [1.165, 1.54) is 37.7 Å². The van der Waals surface area contributed by atoms with Gasteiger partial charge in [-0.2, -0.15) is 0 Å². The summed E-state index contributed by atoms with van der Waals surface area (Å²) in [5, 5.41) is 4.85. The number of pyridine rings is 2. The number of aromatic nitrogens is 2. The zero-order chi connectivity index (χ0) is 20.8. The molecule has 0 spiro atoms. The van der Waals surface area contributed by atoms with Crippen LogP contribution in [0.3, 0.4) is 0 Å². The number of nitrogens with two attached hydrogens (primary N) is 2. The topological polar surface area (TPSA) is 93.1 Å². The molecule has 156 valence electrons. The lowest BCUT2D eigenvalue weighted by Gasteiger charge is -2.23. The lowest BCUT2D eigenvalue weighted by atomic mass is 9.84. The number of hydrogen-bond acceptors (Lipinski definition) is 6. The van der Waals surface area contributed by atoms with Crippen molar-refractivity contribution in [3.63, 3.8) is 0 Å². The molecular weight excluding hydrogens is 360 g/mol. The van der Waals surface area contributed by atoms with E-state index in [1.807, 2.05) is 25.1 Å². The maximum Gasteiger partial charge on any atom is 0.126 e. The minimum Gasteiger partial charge on any atom is -0.395 e. The van der Waals surface area contributed by atoms with Crippen molar-refractivity contribution < 1.29 is 0 Å². The van der Waals surface area contributed by atoms with Gasteiger partial charge in [0.2, 0.25) is 0 Å². The normalized spacial score (nSPS) is 15.7. The summed E-state index contributed by atoms with van der Waals surface area (Å²) >= 11 is 0. The van der Waals surface area contributed by atoms with Gasteiger partial charge in [-0.1, -0.05) is 38.2 Å². The van der Waals surface area contributed by atoms with Crippen molar-refractivity contribution in [2.45, 2.75) is 52.4 Å². The highest BCUT2D eigenvalue weighted by Crippen LogP contribution is 2.28. The third-order valence-corrected chi connectivity index (χ3v) is 5.79. The van der Waals surface area contributed by atoms with Gasteiger partial charge in [0.05, 0.1) is 23.6 Å². The monoisotopic (exact) mass is 394 g/mol. The molecule has 0 aliphatic heterocycles. The SMILES string of the molecule is Cc1ccnc(NC/C(=C(/N)c2ccc(CC3CCCCC3)c(C)n2)N(C)N)c1. The van der Waals surface area contributed by atoms with Crippen LogP contribution in [0.15, 0.2) is 36.2 Å². The third kappa shape index (κ3) is 5.70. The Morgan fingerprint density at radius 1 is 1.17 bits per heavy atom. The van der Waals surface area contributed by atoms with E-state index >= 15 is 0 Å². The fourth-order valence-electron chi connectivity index (χ4n) is 4.02. The van der Waals surface area contributed by atoms with Crippen LogP contribution in [0, 0.1) is 19.8 Å². The molecule has 0 aromatic carbocycles. The molecule has 3 rings (SSSR count). The van der Waals surface area contributed by atoms with Gasteiger partial charge in [0.1, 0.15) is 5.82 Å². The number of hydrazine groups is 1. The molecule has 0 atom stereocenters. The predicted octanol–water partition coefficient (Wildman–Crippen LogP) is 3.76. The summed E-state index contributed by atoms with van der Waals surface area (Å²) in [6.07, 6.45) is 9.68. The van der Waals surface area contributed by atoms with Crippen LogP contribution in [0.4, 0.5) is 5.82 Å². The summed E-state index contributed by atoms with van der Waals surface area (Å²) in [6, 6.07) is 8.16. The van der Waals surface area contributed by atoms with Gasteiger partial charge in [-0.3, -0.25) is 4.98 Å². The van der Waals surface area contributed by atoms with Crippen LogP contribution in [0.2, 0.25) is 0 Å². The molecule has 2 aromatic heterocycles. The number of nitrogens with one attached hydrogen (secondary N) is 1. The van der Waals surface area contributed by atoms with Gasteiger partial charge >= 0.3 is 0 Å². The van der Waals surface area contributed by atoms with Gasteiger partial charge in [0, 0.05) is 18.9 Å². The number of rotatable bonds is 7. The van der Waals surface area contributed by atoms with Gasteiger partial charge < -0.3 is 16.1 Å². The molecule has 29 heavy (non-hydrogen) atoms. The molecule has 1 saturated carbocycles. The van der Waals surface area contributed by atoms with Gasteiger partial charge in [0.15, 0.2) is 0 Å². The van der Waals surface area contributed by atoms with E-state index in [4.69, 9.17) is 16.6 Å². The van der Waals surface area contributed by atoms with E-state index in [9.17, 15) is 0 Å². The number of aryl methyl sites for hydroxylation is 2. The highest BCUT2D eigenvalue weighted by molar-refractivity contribution is 5.64. The average molecular weight is 395 g/mol. The van der Waals surface area contributed by atoms with Crippen LogP contribution in [0.5, 0.6) is 0 Å². The molecule has 0 amide bonds. The minimum absolute atomic E-state index is 0.472. The molecule has 2 aromatic rings. The first-order valence-corrected chi connectivity index (χ1v) is 10.5. The van der Waals surface area contributed by atoms with Crippen LogP contribution < -0.4 is 16.9 Å². The van der Waals surface area contributed by atoms with Gasteiger partial charge in [0.25, 0.3) is 0 Å². The first-order valence-electron chi connectivity index (χ1n) is 10.5. The standard InChI is InChI=1S/C23H34N6/c1-16-11-12-26-22(13-16)27-15-21(29(3)25)23(24)20-10-9-19(17(2)28-20)14-18-7-5-4-6-8-18/h9-13,18H,4-8,14-15,24-25H2,1-3H3,(H,26,27)/b23-21-. The molecular formula is C23H34N6. The number of likely N-dealkylation sites (N-methyl/N-ethyl adjacent to an activating group) is 1. The average Bonchev–Trinajstić information content (AvgIpc) is 2.70. The molecule has 2 heterocycles. The van der Waals surface area contributed by atoms with Crippen molar-refractivity contribution in [2.75, 3.05) is 18.9 Å². The van der Waals surface area contributed by atoms with E-state index in [1.54, 1.807) is 18.3 Å². The minimum atomic E-state index is 0.472. The van der Waals surface area contributed by atoms with E-state index in [2.05, 4.69) is 23.3 Å².